The minimum atomic E-state index is -3.28. The molecule has 0 aliphatic carbocycles. The van der Waals surface area contributed by atoms with Crippen LogP contribution in [0.1, 0.15) is 13.3 Å². The second-order valence-corrected chi connectivity index (χ2v) is 5.68. The monoisotopic (exact) mass is 257 g/mol. The number of rotatable bonds is 5. The molecule has 0 spiro atoms. The average molecular weight is 257 g/mol. The summed E-state index contributed by atoms with van der Waals surface area (Å²) in [7, 11) is -3.28. The first kappa shape index (κ1) is 13.5. The van der Waals surface area contributed by atoms with Crippen LogP contribution in [-0.2, 0) is 14.6 Å². The second kappa shape index (κ2) is 5.18. The molecule has 0 aliphatic rings. The summed E-state index contributed by atoms with van der Waals surface area (Å²) in [5.41, 5.74) is 5.14. The Bertz CT molecular complexity index is 510. The van der Waals surface area contributed by atoms with Crippen LogP contribution in [0.5, 0.6) is 5.75 Å². The maximum atomic E-state index is 11.3. The first-order chi connectivity index (χ1) is 7.84. The van der Waals surface area contributed by atoms with Gasteiger partial charge in [-0.05, 0) is 24.6 Å². The Morgan fingerprint density at radius 1 is 1.47 bits per heavy atom. The molecular weight excluding hydrogens is 242 g/mol. The van der Waals surface area contributed by atoms with Crippen molar-refractivity contribution in [3.8, 4) is 5.75 Å². The lowest BCUT2D eigenvalue weighted by Crippen LogP contribution is -2.33. The third-order valence-corrected chi connectivity index (χ3v) is 3.31. The largest absolute Gasteiger partial charge is 0.481 e. The van der Waals surface area contributed by atoms with Crippen LogP contribution in [-0.4, -0.2) is 26.7 Å². The smallest absolute Gasteiger partial charge is 0.258 e. The molecule has 0 radical (unpaired) electrons. The summed E-state index contributed by atoms with van der Waals surface area (Å²) < 4.78 is 28.0. The number of carbonyl (C=O) groups is 1. The van der Waals surface area contributed by atoms with Crippen LogP contribution in [0.3, 0.4) is 0 Å². The van der Waals surface area contributed by atoms with Gasteiger partial charge in [0.25, 0.3) is 5.91 Å². The number of hydrogen-bond acceptors (Lipinski definition) is 4. The van der Waals surface area contributed by atoms with Crippen molar-refractivity contribution in [2.45, 2.75) is 24.3 Å². The van der Waals surface area contributed by atoms with Crippen LogP contribution in [0.2, 0.25) is 0 Å². The second-order valence-electron chi connectivity index (χ2n) is 3.66. The first-order valence-electron chi connectivity index (χ1n) is 5.10. The summed E-state index contributed by atoms with van der Waals surface area (Å²) in [6.45, 7) is 1.76. The number of ether oxygens (including phenoxy) is 1. The van der Waals surface area contributed by atoms with Gasteiger partial charge in [-0.15, -0.1) is 0 Å². The number of nitrogens with two attached hydrogens (primary N) is 1. The van der Waals surface area contributed by atoms with Crippen molar-refractivity contribution >= 4 is 15.7 Å². The summed E-state index contributed by atoms with van der Waals surface area (Å²) in [5, 5.41) is 0. The highest BCUT2D eigenvalue weighted by molar-refractivity contribution is 7.90. The Kier molecular flexibility index (Phi) is 4.11. The van der Waals surface area contributed by atoms with Gasteiger partial charge >= 0.3 is 0 Å². The number of hydrogen-bond donors (Lipinski definition) is 1. The Labute approximate surface area is 100 Å². The van der Waals surface area contributed by atoms with E-state index in [1.54, 1.807) is 19.1 Å². The van der Waals surface area contributed by atoms with Crippen molar-refractivity contribution in [3.05, 3.63) is 24.3 Å². The maximum Gasteiger partial charge on any atom is 0.258 e. The first-order valence-corrected chi connectivity index (χ1v) is 7.00. The van der Waals surface area contributed by atoms with Crippen LogP contribution < -0.4 is 10.5 Å². The molecule has 1 atom stereocenters. The van der Waals surface area contributed by atoms with Crippen molar-refractivity contribution in [3.63, 3.8) is 0 Å². The Morgan fingerprint density at radius 2 is 2.12 bits per heavy atom. The van der Waals surface area contributed by atoms with E-state index in [4.69, 9.17) is 10.5 Å². The highest BCUT2D eigenvalue weighted by Gasteiger charge is 2.15. The zero-order chi connectivity index (χ0) is 13.1. The zero-order valence-corrected chi connectivity index (χ0v) is 10.5. The molecular formula is C11H15NO4S. The molecule has 6 heteroatoms. The molecule has 1 aromatic carbocycles. The van der Waals surface area contributed by atoms with E-state index in [-0.39, 0.29) is 4.90 Å². The Morgan fingerprint density at radius 3 is 2.59 bits per heavy atom. The van der Waals surface area contributed by atoms with Crippen LogP contribution in [0.25, 0.3) is 0 Å². The van der Waals surface area contributed by atoms with Crippen molar-refractivity contribution in [1.82, 2.24) is 0 Å². The molecule has 0 heterocycles. The number of sulfone groups is 1. The summed E-state index contributed by atoms with van der Waals surface area (Å²) in [5.74, 6) is -0.254. The van der Waals surface area contributed by atoms with E-state index in [1.807, 2.05) is 0 Å². The highest BCUT2D eigenvalue weighted by atomic mass is 32.2. The fourth-order valence-electron chi connectivity index (χ4n) is 1.29. The summed E-state index contributed by atoms with van der Waals surface area (Å²) >= 11 is 0. The van der Waals surface area contributed by atoms with Gasteiger partial charge in [-0.3, -0.25) is 4.79 Å². The van der Waals surface area contributed by atoms with Crippen LogP contribution in [0.15, 0.2) is 29.2 Å². The van der Waals surface area contributed by atoms with E-state index >= 15 is 0 Å². The molecule has 94 valence electrons. The molecule has 5 nitrogen and oxygen atoms in total. The van der Waals surface area contributed by atoms with Gasteiger partial charge in [-0.1, -0.05) is 13.0 Å². The molecule has 0 fully saturated rings. The van der Waals surface area contributed by atoms with E-state index in [2.05, 4.69) is 0 Å². The Hall–Kier alpha value is -1.56. The fraction of sp³-hybridized carbons (Fsp3) is 0.364. The van der Waals surface area contributed by atoms with Gasteiger partial charge in [0, 0.05) is 6.26 Å². The van der Waals surface area contributed by atoms with Crippen molar-refractivity contribution in [2.24, 2.45) is 5.73 Å². The van der Waals surface area contributed by atoms with Crippen molar-refractivity contribution < 1.29 is 17.9 Å². The van der Waals surface area contributed by atoms with Gasteiger partial charge in [0.2, 0.25) is 0 Å². The van der Waals surface area contributed by atoms with E-state index in [0.717, 1.165) is 6.26 Å². The number of amides is 1. The van der Waals surface area contributed by atoms with Crippen LogP contribution in [0, 0.1) is 0 Å². The van der Waals surface area contributed by atoms with E-state index in [0.29, 0.717) is 12.2 Å². The standard InChI is InChI=1S/C11H15NO4S/c1-3-10(11(12)13)16-8-5-4-6-9(7-8)17(2,14)15/h4-7,10H,3H2,1-2H3,(H2,12,13). The SMILES string of the molecule is CCC(Oc1cccc(S(C)(=O)=O)c1)C(N)=O. The van der Waals surface area contributed by atoms with Gasteiger partial charge in [0.05, 0.1) is 4.90 Å². The van der Waals surface area contributed by atoms with Gasteiger partial charge in [-0.2, -0.15) is 0 Å². The van der Waals surface area contributed by atoms with Gasteiger partial charge in [0.15, 0.2) is 15.9 Å². The lowest BCUT2D eigenvalue weighted by Gasteiger charge is -2.14. The molecule has 1 unspecified atom stereocenters. The molecule has 0 saturated carbocycles. The number of carbonyl (C=O) groups excluding carboxylic acids is 1. The molecule has 0 saturated heterocycles. The van der Waals surface area contributed by atoms with Gasteiger partial charge in [-0.25, -0.2) is 8.42 Å². The molecule has 0 aromatic heterocycles. The highest BCUT2D eigenvalue weighted by Crippen LogP contribution is 2.19. The zero-order valence-electron chi connectivity index (χ0n) is 9.71. The topological polar surface area (TPSA) is 86.5 Å². The summed E-state index contributed by atoms with van der Waals surface area (Å²) in [6, 6.07) is 5.98. The lowest BCUT2D eigenvalue weighted by molar-refractivity contribution is -0.124. The quantitative estimate of drug-likeness (QED) is 0.842. The van der Waals surface area contributed by atoms with E-state index < -0.39 is 21.8 Å². The van der Waals surface area contributed by atoms with Gasteiger partial charge in [0.1, 0.15) is 5.75 Å². The van der Waals surface area contributed by atoms with Gasteiger partial charge < -0.3 is 10.5 Å². The predicted octanol–water partition coefficient (Wildman–Crippen LogP) is 0.733. The molecule has 1 aromatic rings. The molecule has 0 bridgehead atoms. The molecule has 17 heavy (non-hydrogen) atoms. The minimum absolute atomic E-state index is 0.148. The van der Waals surface area contributed by atoms with Crippen molar-refractivity contribution in [1.29, 1.82) is 0 Å². The lowest BCUT2D eigenvalue weighted by atomic mass is 10.2. The average Bonchev–Trinajstić information content (AvgIpc) is 2.24. The molecule has 0 aliphatic heterocycles. The Balaban J connectivity index is 2.97. The molecule has 1 rings (SSSR count). The summed E-state index contributed by atoms with van der Waals surface area (Å²) in [6.07, 6.45) is 0.792. The van der Waals surface area contributed by atoms with Crippen molar-refractivity contribution in [2.75, 3.05) is 6.26 Å². The number of benzene rings is 1. The van der Waals surface area contributed by atoms with Crippen LogP contribution in [0.4, 0.5) is 0 Å². The van der Waals surface area contributed by atoms with E-state index in [9.17, 15) is 13.2 Å². The molecule has 2 N–H and O–H groups in total. The molecule has 1 amide bonds. The number of primary amides is 1. The van der Waals surface area contributed by atoms with E-state index in [1.165, 1.54) is 12.1 Å². The maximum absolute atomic E-state index is 11.3. The predicted molar refractivity (Wildman–Crippen MR) is 63.5 cm³/mol. The third-order valence-electron chi connectivity index (χ3n) is 2.20. The fourth-order valence-corrected chi connectivity index (χ4v) is 1.94. The third kappa shape index (κ3) is 3.74. The summed E-state index contributed by atoms with van der Waals surface area (Å²) in [4.78, 5) is 11.1. The van der Waals surface area contributed by atoms with Crippen LogP contribution >= 0.6 is 0 Å². The normalized spacial score (nSPS) is 13.1. The minimum Gasteiger partial charge on any atom is -0.481 e.